The van der Waals surface area contributed by atoms with E-state index in [9.17, 15) is 14.4 Å². The molecule has 2 aromatic rings. The maximum atomic E-state index is 12.7. The van der Waals surface area contributed by atoms with E-state index in [1.54, 1.807) is 42.8 Å². The van der Waals surface area contributed by atoms with Gasteiger partial charge in [-0.3, -0.25) is 19.2 Å². The van der Waals surface area contributed by atoms with Crippen molar-refractivity contribution in [3.05, 3.63) is 47.3 Å². The van der Waals surface area contributed by atoms with Gasteiger partial charge in [-0.1, -0.05) is 26.0 Å². The van der Waals surface area contributed by atoms with Crippen LogP contribution in [0.25, 0.3) is 0 Å². The fourth-order valence-electron chi connectivity index (χ4n) is 3.18. The maximum absolute atomic E-state index is 12.7. The summed E-state index contributed by atoms with van der Waals surface area (Å²) in [7, 11) is 0. The normalized spacial score (nSPS) is 15.7. The van der Waals surface area contributed by atoms with E-state index in [0.29, 0.717) is 17.9 Å². The van der Waals surface area contributed by atoms with Crippen LogP contribution in [-0.4, -0.2) is 38.1 Å². The summed E-state index contributed by atoms with van der Waals surface area (Å²) in [6.45, 7) is 10.2. The highest BCUT2D eigenvalue weighted by molar-refractivity contribution is 6.06. The first-order chi connectivity index (χ1) is 13.6. The van der Waals surface area contributed by atoms with Crippen molar-refractivity contribution in [2.75, 3.05) is 5.32 Å². The number of hydrogen-bond acceptors (Lipinski definition) is 4. The first-order valence-corrected chi connectivity index (χ1v) is 9.74. The van der Waals surface area contributed by atoms with Gasteiger partial charge in [0.25, 0.3) is 11.8 Å². The summed E-state index contributed by atoms with van der Waals surface area (Å²) in [4.78, 5) is 38.2. The minimum absolute atomic E-state index is 0.183. The van der Waals surface area contributed by atoms with Crippen molar-refractivity contribution < 1.29 is 14.4 Å². The van der Waals surface area contributed by atoms with E-state index in [-0.39, 0.29) is 24.3 Å². The number of aromatic nitrogens is 2. The standard InChI is InChI=1S/C21H27N5O3/c1-6-26-17(11-16(24-26)13(2)3)18(27)22-15-9-7-14(8-10-15)12-25-19(28)21(4,5)23-20(25)29/h7-11,13H,6,12H2,1-5H3,(H,22,27)(H,23,29). The van der Waals surface area contributed by atoms with Crippen LogP contribution in [-0.2, 0) is 17.9 Å². The molecule has 1 fully saturated rings. The van der Waals surface area contributed by atoms with E-state index < -0.39 is 11.6 Å². The van der Waals surface area contributed by atoms with Crippen molar-refractivity contribution in [3.8, 4) is 0 Å². The van der Waals surface area contributed by atoms with Gasteiger partial charge in [0.05, 0.1) is 12.2 Å². The molecule has 1 aromatic heterocycles. The predicted octanol–water partition coefficient (Wildman–Crippen LogP) is 3.11. The molecule has 1 aromatic carbocycles. The molecule has 2 N–H and O–H groups in total. The molecule has 8 nitrogen and oxygen atoms in total. The van der Waals surface area contributed by atoms with E-state index in [2.05, 4.69) is 15.7 Å². The Bertz CT molecular complexity index is 944. The van der Waals surface area contributed by atoms with E-state index in [1.165, 1.54) is 4.90 Å². The molecule has 1 aliphatic rings. The Kier molecular flexibility index (Phi) is 5.46. The summed E-state index contributed by atoms with van der Waals surface area (Å²) < 4.78 is 1.69. The Morgan fingerprint density at radius 3 is 2.38 bits per heavy atom. The minimum atomic E-state index is -0.887. The average molecular weight is 397 g/mol. The lowest BCUT2D eigenvalue weighted by Crippen LogP contribution is -2.40. The highest BCUT2D eigenvalue weighted by atomic mass is 16.2. The summed E-state index contributed by atoms with van der Waals surface area (Å²) in [6.07, 6.45) is 0. The topological polar surface area (TPSA) is 96.3 Å². The van der Waals surface area contributed by atoms with Crippen LogP contribution in [0, 0.1) is 0 Å². The van der Waals surface area contributed by atoms with Crippen molar-refractivity contribution >= 4 is 23.5 Å². The summed E-state index contributed by atoms with van der Waals surface area (Å²) in [5.41, 5.74) is 1.93. The molecule has 1 aliphatic heterocycles. The number of nitrogens with one attached hydrogen (secondary N) is 2. The first kappa shape index (κ1) is 20.6. The Morgan fingerprint density at radius 1 is 1.21 bits per heavy atom. The Balaban J connectivity index is 1.69. The zero-order valence-corrected chi connectivity index (χ0v) is 17.4. The third-order valence-corrected chi connectivity index (χ3v) is 4.92. The van der Waals surface area contributed by atoms with E-state index >= 15 is 0 Å². The Hall–Kier alpha value is -3.16. The third-order valence-electron chi connectivity index (χ3n) is 4.92. The number of benzene rings is 1. The Labute approximate surface area is 170 Å². The number of carbonyl (C=O) groups is 3. The van der Waals surface area contributed by atoms with Crippen LogP contribution in [0.3, 0.4) is 0 Å². The van der Waals surface area contributed by atoms with Crippen LogP contribution in [0.5, 0.6) is 0 Å². The van der Waals surface area contributed by atoms with E-state index in [0.717, 1.165) is 11.3 Å². The molecule has 2 heterocycles. The second-order valence-electron chi connectivity index (χ2n) is 8.02. The van der Waals surface area contributed by atoms with Crippen LogP contribution in [0.1, 0.15) is 62.3 Å². The van der Waals surface area contributed by atoms with Gasteiger partial charge in [-0.15, -0.1) is 0 Å². The lowest BCUT2D eigenvalue weighted by atomic mass is 10.1. The predicted molar refractivity (Wildman–Crippen MR) is 110 cm³/mol. The molecule has 0 spiro atoms. The van der Waals surface area contributed by atoms with Crippen LogP contribution in [0.15, 0.2) is 30.3 Å². The number of amides is 4. The van der Waals surface area contributed by atoms with E-state index in [4.69, 9.17) is 0 Å². The lowest BCUT2D eigenvalue weighted by molar-refractivity contribution is -0.130. The van der Waals surface area contributed by atoms with Gasteiger partial charge >= 0.3 is 6.03 Å². The van der Waals surface area contributed by atoms with Gasteiger partial charge in [-0.25, -0.2) is 4.79 Å². The van der Waals surface area contributed by atoms with Crippen LogP contribution >= 0.6 is 0 Å². The number of carbonyl (C=O) groups excluding carboxylic acids is 3. The maximum Gasteiger partial charge on any atom is 0.325 e. The van der Waals surface area contributed by atoms with Crippen molar-refractivity contribution in [2.24, 2.45) is 0 Å². The zero-order chi connectivity index (χ0) is 21.3. The lowest BCUT2D eigenvalue weighted by Gasteiger charge is -2.16. The van der Waals surface area contributed by atoms with Crippen molar-refractivity contribution in [1.29, 1.82) is 0 Å². The molecule has 1 saturated heterocycles. The molecule has 0 atom stereocenters. The number of imide groups is 1. The molecule has 8 heteroatoms. The highest BCUT2D eigenvalue weighted by Gasteiger charge is 2.44. The fraction of sp³-hybridized carbons (Fsp3) is 0.429. The van der Waals surface area contributed by atoms with Crippen LogP contribution in [0.2, 0.25) is 0 Å². The van der Waals surface area contributed by atoms with Gasteiger partial charge in [-0.2, -0.15) is 5.10 Å². The molecule has 29 heavy (non-hydrogen) atoms. The second kappa shape index (κ2) is 7.69. The number of rotatable bonds is 6. The van der Waals surface area contributed by atoms with Gasteiger partial charge in [0.1, 0.15) is 11.2 Å². The number of hydrogen-bond donors (Lipinski definition) is 2. The summed E-state index contributed by atoms with van der Waals surface area (Å²) in [5, 5.41) is 10.0. The van der Waals surface area contributed by atoms with Crippen molar-refractivity contribution in [2.45, 2.75) is 59.2 Å². The average Bonchev–Trinajstić information content (AvgIpc) is 3.18. The van der Waals surface area contributed by atoms with Crippen molar-refractivity contribution in [1.82, 2.24) is 20.0 Å². The van der Waals surface area contributed by atoms with E-state index in [1.807, 2.05) is 26.8 Å². The minimum Gasteiger partial charge on any atom is -0.324 e. The van der Waals surface area contributed by atoms with Crippen LogP contribution in [0.4, 0.5) is 10.5 Å². The molecule has 0 radical (unpaired) electrons. The number of urea groups is 1. The zero-order valence-electron chi connectivity index (χ0n) is 17.4. The number of aryl methyl sites for hydroxylation is 1. The molecule has 0 aliphatic carbocycles. The SMILES string of the molecule is CCn1nc(C(C)C)cc1C(=O)Nc1ccc(CN2C(=O)NC(C)(C)C2=O)cc1. The molecule has 154 valence electrons. The fourth-order valence-corrected chi connectivity index (χ4v) is 3.18. The number of anilines is 1. The van der Waals surface area contributed by atoms with Crippen molar-refractivity contribution in [3.63, 3.8) is 0 Å². The van der Waals surface area contributed by atoms with Crippen LogP contribution < -0.4 is 10.6 Å². The van der Waals surface area contributed by atoms with Gasteiger partial charge in [0.2, 0.25) is 0 Å². The first-order valence-electron chi connectivity index (χ1n) is 9.74. The molecular weight excluding hydrogens is 370 g/mol. The molecule has 0 saturated carbocycles. The smallest absolute Gasteiger partial charge is 0.324 e. The summed E-state index contributed by atoms with van der Waals surface area (Å²) in [6, 6.07) is 8.51. The van der Waals surface area contributed by atoms with Gasteiger partial charge in [0.15, 0.2) is 0 Å². The van der Waals surface area contributed by atoms with Gasteiger partial charge in [0, 0.05) is 12.2 Å². The molecule has 3 rings (SSSR count). The largest absolute Gasteiger partial charge is 0.325 e. The van der Waals surface area contributed by atoms with Gasteiger partial charge < -0.3 is 10.6 Å². The quantitative estimate of drug-likeness (QED) is 0.732. The molecule has 0 bridgehead atoms. The summed E-state index contributed by atoms with van der Waals surface area (Å²) >= 11 is 0. The monoisotopic (exact) mass is 397 g/mol. The third kappa shape index (κ3) is 4.16. The number of nitrogens with zero attached hydrogens (tertiary/aromatic N) is 3. The molecular formula is C21H27N5O3. The second-order valence-corrected chi connectivity index (χ2v) is 8.02. The highest BCUT2D eigenvalue weighted by Crippen LogP contribution is 2.21. The summed E-state index contributed by atoms with van der Waals surface area (Å²) in [5.74, 6) is -0.243. The molecule has 4 amide bonds. The Morgan fingerprint density at radius 2 is 1.86 bits per heavy atom. The molecule has 0 unspecified atom stereocenters. The van der Waals surface area contributed by atoms with Gasteiger partial charge in [-0.05, 0) is 50.5 Å².